The van der Waals surface area contributed by atoms with E-state index in [2.05, 4.69) is 28.4 Å². The van der Waals surface area contributed by atoms with E-state index < -0.39 is 0 Å². The van der Waals surface area contributed by atoms with Crippen LogP contribution in [0, 0.1) is 5.82 Å². The van der Waals surface area contributed by atoms with Gasteiger partial charge in [0.05, 0.1) is 0 Å². The van der Waals surface area contributed by atoms with Crippen molar-refractivity contribution in [3.05, 3.63) is 71.0 Å². The molecule has 1 heterocycles. The molecule has 3 nitrogen and oxygen atoms in total. The van der Waals surface area contributed by atoms with E-state index in [9.17, 15) is 9.18 Å². The fourth-order valence-corrected chi connectivity index (χ4v) is 3.42. The smallest absolute Gasteiger partial charge is 0.242 e. The minimum Gasteiger partial charge on any atom is -0.352 e. The maximum absolute atomic E-state index is 13.3. The highest BCUT2D eigenvalue weighted by Gasteiger charge is 2.33. The van der Waals surface area contributed by atoms with Crippen molar-refractivity contribution in [3.8, 4) is 0 Å². The molecular formula is C20H21FN2O. The van der Waals surface area contributed by atoms with Crippen molar-refractivity contribution >= 4 is 5.91 Å². The zero-order valence-electron chi connectivity index (χ0n) is 13.5. The van der Waals surface area contributed by atoms with E-state index in [-0.39, 0.29) is 17.8 Å². The van der Waals surface area contributed by atoms with Gasteiger partial charge in [0.2, 0.25) is 5.91 Å². The van der Waals surface area contributed by atoms with Gasteiger partial charge in [-0.2, -0.15) is 0 Å². The van der Waals surface area contributed by atoms with Crippen LogP contribution in [-0.4, -0.2) is 23.4 Å². The normalized spacial score (nSPS) is 18.7. The maximum Gasteiger partial charge on any atom is 0.242 e. The molecule has 2 aromatic rings. The van der Waals surface area contributed by atoms with Crippen LogP contribution < -0.4 is 5.32 Å². The summed E-state index contributed by atoms with van der Waals surface area (Å²) in [6, 6.07) is 14.7. The molecule has 0 saturated heterocycles. The summed E-state index contributed by atoms with van der Waals surface area (Å²) in [4.78, 5) is 15.0. The zero-order chi connectivity index (χ0) is 16.5. The Hall–Kier alpha value is -2.20. The number of hydrogen-bond donors (Lipinski definition) is 1. The molecule has 1 saturated carbocycles. The summed E-state index contributed by atoms with van der Waals surface area (Å²) in [6.45, 7) is 1.58. The van der Waals surface area contributed by atoms with E-state index in [1.807, 2.05) is 6.07 Å². The predicted molar refractivity (Wildman–Crippen MR) is 90.9 cm³/mol. The maximum atomic E-state index is 13.3. The van der Waals surface area contributed by atoms with Crippen LogP contribution in [-0.2, 0) is 17.8 Å². The molecule has 4 heteroatoms. The molecule has 2 aromatic carbocycles. The van der Waals surface area contributed by atoms with Crippen LogP contribution in [0.15, 0.2) is 48.5 Å². The lowest BCUT2D eigenvalue weighted by atomic mass is 9.96. The third kappa shape index (κ3) is 3.20. The monoisotopic (exact) mass is 324 g/mol. The van der Waals surface area contributed by atoms with Gasteiger partial charge in [0.25, 0.3) is 0 Å². The minimum absolute atomic E-state index is 0.0310. The van der Waals surface area contributed by atoms with Crippen molar-refractivity contribution in [1.82, 2.24) is 10.2 Å². The Morgan fingerprint density at radius 1 is 1.08 bits per heavy atom. The van der Waals surface area contributed by atoms with Crippen molar-refractivity contribution in [3.63, 3.8) is 0 Å². The van der Waals surface area contributed by atoms with Gasteiger partial charge in [-0.05, 0) is 48.1 Å². The van der Waals surface area contributed by atoms with Crippen molar-refractivity contribution in [2.45, 2.75) is 37.9 Å². The molecule has 0 radical (unpaired) electrons. The lowest BCUT2D eigenvalue weighted by molar-refractivity contribution is -0.127. The lowest BCUT2D eigenvalue weighted by Gasteiger charge is -2.35. The van der Waals surface area contributed by atoms with Crippen LogP contribution in [0.2, 0.25) is 0 Å². The first-order valence-corrected chi connectivity index (χ1v) is 8.57. The number of hydrogen-bond acceptors (Lipinski definition) is 2. The van der Waals surface area contributed by atoms with Gasteiger partial charge in [0, 0.05) is 19.1 Å². The van der Waals surface area contributed by atoms with Crippen LogP contribution in [0.3, 0.4) is 0 Å². The molecule has 1 aliphatic carbocycles. The van der Waals surface area contributed by atoms with E-state index >= 15 is 0 Å². The number of fused-ring (bicyclic) bond motifs is 1. The van der Waals surface area contributed by atoms with E-state index in [1.54, 1.807) is 12.1 Å². The minimum atomic E-state index is -0.362. The molecule has 1 N–H and O–H groups in total. The van der Waals surface area contributed by atoms with Gasteiger partial charge in [-0.3, -0.25) is 9.69 Å². The molecule has 0 aromatic heterocycles. The molecule has 1 fully saturated rings. The first-order chi connectivity index (χ1) is 11.7. The molecule has 0 bridgehead atoms. The average molecular weight is 324 g/mol. The second-order valence-electron chi connectivity index (χ2n) is 6.73. The molecule has 1 unspecified atom stereocenters. The Morgan fingerprint density at radius 3 is 2.50 bits per heavy atom. The molecule has 1 amide bonds. The second-order valence-corrected chi connectivity index (χ2v) is 6.73. The number of amides is 1. The molecule has 2 aliphatic rings. The van der Waals surface area contributed by atoms with Crippen LogP contribution in [0.5, 0.6) is 0 Å². The number of nitrogens with zero attached hydrogens (tertiary/aromatic N) is 1. The average Bonchev–Trinajstić information content (AvgIpc) is 3.41. The van der Waals surface area contributed by atoms with Gasteiger partial charge in [0.15, 0.2) is 0 Å². The van der Waals surface area contributed by atoms with Crippen molar-refractivity contribution in [1.29, 1.82) is 0 Å². The number of nitrogens with one attached hydrogen (secondary N) is 1. The van der Waals surface area contributed by atoms with Crippen LogP contribution in [0.25, 0.3) is 0 Å². The fraction of sp³-hybridized carbons (Fsp3) is 0.350. The quantitative estimate of drug-likeness (QED) is 0.937. The third-order valence-corrected chi connectivity index (χ3v) is 4.88. The number of rotatable bonds is 4. The van der Waals surface area contributed by atoms with Crippen molar-refractivity contribution in [2.24, 2.45) is 0 Å². The van der Waals surface area contributed by atoms with E-state index in [4.69, 9.17) is 0 Å². The molecule has 0 spiro atoms. The highest BCUT2D eigenvalue weighted by Crippen LogP contribution is 2.29. The molecular weight excluding hydrogens is 303 g/mol. The highest BCUT2D eigenvalue weighted by atomic mass is 19.1. The van der Waals surface area contributed by atoms with Gasteiger partial charge in [-0.1, -0.05) is 36.4 Å². The van der Waals surface area contributed by atoms with Gasteiger partial charge in [-0.25, -0.2) is 4.39 Å². The van der Waals surface area contributed by atoms with Crippen molar-refractivity contribution in [2.75, 3.05) is 6.54 Å². The van der Waals surface area contributed by atoms with Gasteiger partial charge >= 0.3 is 0 Å². The summed E-state index contributed by atoms with van der Waals surface area (Å²) in [5.41, 5.74) is 3.48. The molecule has 124 valence electrons. The number of halogens is 1. The largest absolute Gasteiger partial charge is 0.352 e. The Balaban J connectivity index is 1.62. The van der Waals surface area contributed by atoms with Gasteiger partial charge < -0.3 is 5.32 Å². The summed E-state index contributed by atoms with van der Waals surface area (Å²) >= 11 is 0. The first kappa shape index (κ1) is 15.3. The highest BCUT2D eigenvalue weighted by molar-refractivity contribution is 5.83. The van der Waals surface area contributed by atoms with Crippen LogP contribution >= 0.6 is 0 Å². The number of carbonyl (C=O) groups is 1. The zero-order valence-corrected chi connectivity index (χ0v) is 13.5. The standard InChI is InChI=1S/C20H21FN2O/c21-17-7-5-15(6-8-17)19(20(24)22-18-9-10-18)23-12-11-14-3-1-2-4-16(14)13-23/h1-8,18-19H,9-13H2,(H,22,24). The van der Waals surface area contributed by atoms with E-state index in [0.717, 1.165) is 37.9 Å². The lowest BCUT2D eigenvalue weighted by Crippen LogP contribution is -2.43. The Bertz CT molecular complexity index is 740. The predicted octanol–water partition coefficient (Wildman–Crippen LogP) is 3.20. The Kier molecular flexibility index (Phi) is 4.07. The third-order valence-electron chi connectivity index (χ3n) is 4.88. The SMILES string of the molecule is O=C(NC1CC1)C(c1ccc(F)cc1)N1CCc2ccccc2C1. The second kappa shape index (κ2) is 6.36. The fourth-order valence-electron chi connectivity index (χ4n) is 3.42. The molecule has 24 heavy (non-hydrogen) atoms. The van der Waals surface area contributed by atoms with Crippen molar-refractivity contribution < 1.29 is 9.18 Å². The number of benzene rings is 2. The summed E-state index contributed by atoms with van der Waals surface area (Å²) < 4.78 is 13.3. The molecule has 1 atom stereocenters. The summed E-state index contributed by atoms with van der Waals surface area (Å²) in [7, 11) is 0. The summed E-state index contributed by atoms with van der Waals surface area (Å²) in [5, 5.41) is 3.11. The van der Waals surface area contributed by atoms with E-state index in [1.165, 1.54) is 23.3 Å². The Labute approximate surface area is 141 Å². The summed E-state index contributed by atoms with van der Waals surface area (Å²) in [6.07, 6.45) is 3.06. The van der Waals surface area contributed by atoms with E-state index in [0.29, 0.717) is 6.04 Å². The van der Waals surface area contributed by atoms with Crippen LogP contribution in [0.1, 0.15) is 35.6 Å². The van der Waals surface area contributed by atoms with Gasteiger partial charge in [0.1, 0.15) is 11.9 Å². The summed E-state index contributed by atoms with van der Waals surface area (Å²) in [5.74, 6) is -0.243. The molecule has 1 aliphatic heterocycles. The Morgan fingerprint density at radius 2 is 1.79 bits per heavy atom. The first-order valence-electron chi connectivity index (χ1n) is 8.57. The topological polar surface area (TPSA) is 32.3 Å². The molecule has 4 rings (SSSR count). The number of carbonyl (C=O) groups excluding carboxylic acids is 1. The van der Waals surface area contributed by atoms with Gasteiger partial charge in [-0.15, -0.1) is 0 Å². The van der Waals surface area contributed by atoms with Crippen LogP contribution in [0.4, 0.5) is 4.39 Å².